The average Bonchev–Trinajstić information content (AvgIpc) is 2.59. The third-order valence-corrected chi connectivity index (χ3v) is 4.63. The molecular weight excluding hydrogens is 312 g/mol. The van der Waals surface area contributed by atoms with Gasteiger partial charge in [-0.05, 0) is 6.42 Å². The fourth-order valence-electron chi connectivity index (χ4n) is 2.99. The third kappa shape index (κ3) is 7.76. The first-order valence-corrected chi connectivity index (χ1v) is 9.54. The Hall–Kier alpha value is -0.240. The van der Waals surface area contributed by atoms with E-state index in [1.807, 2.05) is 0 Å². The smallest absolute Gasteiger partial charge is 0.186 e. The van der Waals surface area contributed by atoms with Gasteiger partial charge in [0.25, 0.3) is 0 Å². The molecular formula is C18H36O6. The molecule has 0 spiro atoms. The predicted octanol–water partition coefficient (Wildman–Crippen LogP) is 1.72. The second kappa shape index (κ2) is 13.0. The van der Waals surface area contributed by atoms with Gasteiger partial charge in [0.2, 0.25) is 0 Å². The molecule has 1 heterocycles. The molecule has 0 aliphatic carbocycles. The van der Waals surface area contributed by atoms with E-state index in [-0.39, 0.29) is 0 Å². The number of rotatable bonds is 13. The molecule has 0 aromatic carbocycles. The Morgan fingerprint density at radius 2 is 1.29 bits per heavy atom. The number of aliphatic hydroxyl groups excluding tert-OH is 4. The highest BCUT2D eigenvalue weighted by Crippen LogP contribution is 2.22. The van der Waals surface area contributed by atoms with Gasteiger partial charge in [-0.15, -0.1) is 0 Å². The van der Waals surface area contributed by atoms with Crippen molar-refractivity contribution in [2.24, 2.45) is 0 Å². The molecule has 6 heteroatoms. The lowest BCUT2D eigenvalue weighted by Gasteiger charge is -2.39. The number of aliphatic hydroxyl groups is 4. The largest absolute Gasteiger partial charge is 0.394 e. The fraction of sp³-hybridized carbons (Fsp3) is 1.00. The number of hydrogen-bond donors (Lipinski definition) is 4. The molecule has 0 radical (unpaired) electrons. The average molecular weight is 348 g/mol. The zero-order chi connectivity index (χ0) is 17.8. The molecule has 4 N–H and O–H groups in total. The first kappa shape index (κ1) is 21.8. The van der Waals surface area contributed by atoms with Crippen LogP contribution in [-0.2, 0) is 9.47 Å². The second-order valence-electron chi connectivity index (χ2n) is 6.75. The van der Waals surface area contributed by atoms with Crippen LogP contribution >= 0.6 is 0 Å². The predicted molar refractivity (Wildman–Crippen MR) is 91.6 cm³/mol. The maximum atomic E-state index is 9.84. The van der Waals surface area contributed by atoms with Crippen LogP contribution < -0.4 is 0 Å². The van der Waals surface area contributed by atoms with Crippen molar-refractivity contribution in [3.63, 3.8) is 0 Å². The summed E-state index contributed by atoms with van der Waals surface area (Å²) < 4.78 is 10.8. The summed E-state index contributed by atoms with van der Waals surface area (Å²) in [7, 11) is 0. The highest BCUT2D eigenvalue weighted by atomic mass is 16.7. The molecule has 1 rings (SSSR count). The van der Waals surface area contributed by atoms with Gasteiger partial charge in [-0.1, -0.05) is 64.7 Å². The van der Waals surface area contributed by atoms with Crippen molar-refractivity contribution in [2.45, 2.75) is 102 Å². The summed E-state index contributed by atoms with van der Waals surface area (Å²) in [5, 5.41) is 38.3. The molecule has 0 unspecified atom stereocenters. The van der Waals surface area contributed by atoms with Gasteiger partial charge in [-0.25, -0.2) is 0 Å². The summed E-state index contributed by atoms with van der Waals surface area (Å²) in [5.41, 5.74) is 0. The minimum absolute atomic E-state index is 0.428. The first-order chi connectivity index (χ1) is 11.6. The third-order valence-electron chi connectivity index (χ3n) is 4.63. The molecule has 0 amide bonds. The first-order valence-electron chi connectivity index (χ1n) is 9.54. The van der Waals surface area contributed by atoms with Crippen molar-refractivity contribution >= 4 is 0 Å². The maximum absolute atomic E-state index is 9.84. The van der Waals surface area contributed by atoms with Crippen molar-refractivity contribution in [3.8, 4) is 0 Å². The van der Waals surface area contributed by atoms with Gasteiger partial charge in [0.15, 0.2) is 6.29 Å². The van der Waals surface area contributed by atoms with Crippen molar-refractivity contribution in [1.29, 1.82) is 0 Å². The Labute approximate surface area is 145 Å². The number of hydrogen-bond acceptors (Lipinski definition) is 6. The summed E-state index contributed by atoms with van der Waals surface area (Å²) in [6.45, 7) is 2.23. The fourth-order valence-corrected chi connectivity index (χ4v) is 2.99. The number of unbranched alkanes of at least 4 members (excludes halogenated alkanes) is 9. The van der Waals surface area contributed by atoms with Crippen LogP contribution in [0.3, 0.4) is 0 Å². The van der Waals surface area contributed by atoms with Crippen molar-refractivity contribution in [2.75, 3.05) is 13.2 Å². The quantitative estimate of drug-likeness (QED) is 0.378. The Bertz CT molecular complexity index is 299. The molecule has 0 saturated carbocycles. The molecule has 24 heavy (non-hydrogen) atoms. The van der Waals surface area contributed by atoms with E-state index in [0.717, 1.165) is 12.8 Å². The van der Waals surface area contributed by atoms with E-state index in [2.05, 4.69) is 6.92 Å². The second-order valence-corrected chi connectivity index (χ2v) is 6.75. The topological polar surface area (TPSA) is 99.4 Å². The molecule has 0 bridgehead atoms. The van der Waals surface area contributed by atoms with E-state index in [1.54, 1.807) is 0 Å². The van der Waals surface area contributed by atoms with Crippen LogP contribution in [0.4, 0.5) is 0 Å². The molecule has 1 fully saturated rings. The van der Waals surface area contributed by atoms with Crippen molar-refractivity contribution in [3.05, 3.63) is 0 Å². The van der Waals surface area contributed by atoms with Crippen molar-refractivity contribution < 1.29 is 29.9 Å². The molecule has 1 aliphatic rings. The van der Waals surface area contributed by atoms with E-state index in [1.165, 1.54) is 51.4 Å². The summed E-state index contributed by atoms with van der Waals surface area (Å²) >= 11 is 0. The zero-order valence-electron chi connectivity index (χ0n) is 15.0. The van der Waals surface area contributed by atoms with E-state index in [4.69, 9.17) is 14.6 Å². The minimum Gasteiger partial charge on any atom is -0.394 e. The van der Waals surface area contributed by atoms with E-state index in [0.29, 0.717) is 6.61 Å². The lowest BCUT2D eigenvalue weighted by molar-refractivity contribution is -0.301. The lowest BCUT2D eigenvalue weighted by Crippen LogP contribution is -2.59. The molecule has 0 aromatic rings. The van der Waals surface area contributed by atoms with Crippen molar-refractivity contribution in [1.82, 2.24) is 0 Å². The van der Waals surface area contributed by atoms with Gasteiger partial charge in [-0.3, -0.25) is 0 Å². The zero-order valence-corrected chi connectivity index (χ0v) is 15.0. The lowest BCUT2D eigenvalue weighted by atomic mass is 9.99. The van der Waals surface area contributed by atoms with E-state index >= 15 is 0 Å². The van der Waals surface area contributed by atoms with Gasteiger partial charge in [0.1, 0.15) is 24.4 Å². The molecule has 144 valence electrons. The summed E-state index contributed by atoms with van der Waals surface area (Å²) in [5.74, 6) is 0. The maximum Gasteiger partial charge on any atom is 0.186 e. The normalized spacial score (nSPS) is 30.6. The van der Waals surface area contributed by atoms with Gasteiger partial charge >= 0.3 is 0 Å². The molecule has 0 aromatic heterocycles. The van der Waals surface area contributed by atoms with Crippen LogP contribution in [0.1, 0.15) is 71.1 Å². The number of ether oxygens (including phenoxy) is 2. The molecule has 1 saturated heterocycles. The highest BCUT2D eigenvalue weighted by molar-refractivity contribution is 4.88. The summed E-state index contributed by atoms with van der Waals surface area (Å²) in [4.78, 5) is 0. The van der Waals surface area contributed by atoms with Gasteiger partial charge in [0, 0.05) is 6.61 Å². The Balaban J connectivity index is 2.02. The Morgan fingerprint density at radius 3 is 1.83 bits per heavy atom. The van der Waals surface area contributed by atoms with Crippen LogP contribution in [0.2, 0.25) is 0 Å². The van der Waals surface area contributed by atoms with Crippen LogP contribution in [0.15, 0.2) is 0 Å². The highest BCUT2D eigenvalue weighted by Gasteiger charge is 2.43. The molecule has 6 nitrogen and oxygen atoms in total. The standard InChI is InChI=1S/C18H36O6/c1-2-3-4-5-6-7-8-9-10-11-12-23-18-17(22)16(21)15(20)14(13-19)24-18/h14-22H,2-13H2,1H3/t14-,15+,16-,17+,18-/m1/s1. The monoisotopic (exact) mass is 348 g/mol. The van der Waals surface area contributed by atoms with E-state index in [9.17, 15) is 15.3 Å². The molecule has 1 aliphatic heterocycles. The van der Waals surface area contributed by atoms with Crippen LogP contribution in [0.5, 0.6) is 0 Å². The van der Waals surface area contributed by atoms with Crippen LogP contribution in [0.25, 0.3) is 0 Å². The Kier molecular flexibility index (Phi) is 11.8. The van der Waals surface area contributed by atoms with Gasteiger partial charge in [-0.2, -0.15) is 0 Å². The van der Waals surface area contributed by atoms with E-state index < -0.39 is 37.3 Å². The van der Waals surface area contributed by atoms with Crippen LogP contribution in [0, 0.1) is 0 Å². The summed E-state index contributed by atoms with van der Waals surface area (Å²) in [6, 6.07) is 0. The molecule has 5 atom stereocenters. The Morgan fingerprint density at radius 1 is 0.750 bits per heavy atom. The van der Waals surface area contributed by atoms with Gasteiger partial charge in [0.05, 0.1) is 6.61 Å². The van der Waals surface area contributed by atoms with Crippen LogP contribution in [-0.4, -0.2) is 64.3 Å². The minimum atomic E-state index is -1.37. The summed E-state index contributed by atoms with van der Waals surface area (Å²) in [6.07, 6.45) is 6.37. The SMILES string of the molecule is CCCCCCCCCCCCO[C@@H]1O[C@H](CO)[C@H](O)[C@@H](O)[C@@H]1O. The van der Waals surface area contributed by atoms with Gasteiger partial charge < -0.3 is 29.9 Å².